The summed E-state index contributed by atoms with van der Waals surface area (Å²) in [6, 6.07) is 13.2. The van der Waals surface area contributed by atoms with Crippen LogP contribution in [0.3, 0.4) is 0 Å². The van der Waals surface area contributed by atoms with E-state index in [1.54, 1.807) is 11.0 Å². The molecule has 3 aliphatic heterocycles. The van der Waals surface area contributed by atoms with Gasteiger partial charge >= 0.3 is 5.97 Å². The Kier molecular flexibility index (Phi) is 5.21. The van der Waals surface area contributed by atoms with E-state index in [0.717, 1.165) is 16.8 Å². The van der Waals surface area contributed by atoms with Gasteiger partial charge in [0.15, 0.2) is 5.60 Å². The van der Waals surface area contributed by atoms with Crippen LogP contribution >= 0.6 is 0 Å². The molecule has 0 aliphatic carbocycles. The summed E-state index contributed by atoms with van der Waals surface area (Å²) in [6.45, 7) is 4.76. The average molecular weight is 470 g/mol. The normalized spacial score (nSPS) is 23.2. The van der Waals surface area contributed by atoms with Crippen molar-refractivity contribution in [1.82, 2.24) is 9.21 Å². The van der Waals surface area contributed by atoms with E-state index in [1.807, 2.05) is 43.3 Å². The third kappa shape index (κ3) is 3.79. The number of hydrogen-bond acceptors (Lipinski definition) is 6. The molecule has 2 aromatic carbocycles. The second-order valence-corrected chi connectivity index (χ2v) is 11.0. The lowest BCUT2D eigenvalue weighted by Gasteiger charge is -2.35. The Morgan fingerprint density at radius 3 is 2.48 bits per heavy atom. The molecule has 174 valence electrons. The fraction of sp³-hybridized carbons (Fsp3) is 0.417. The van der Waals surface area contributed by atoms with Gasteiger partial charge in [0.1, 0.15) is 0 Å². The van der Waals surface area contributed by atoms with Gasteiger partial charge in [-0.05, 0) is 30.7 Å². The van der Waals surface area contributed by atoms with Crippen molar-refractivity contribution in [3.63, 3.8) is 0 Å². The third-order valence-electron chi connectivity index (χ3n) is 6.97. The van der Waals surface area contributed by atoms with Crippen LogP contribution in [-0.2, 0) is 20.4 Å². The van der Waals surface area contributed by atoms with Crippen LogP contribution in [0.2, 0.25) is 0 Å². The number of carbonyl (C=O) groups is 2. The largest absolute Gasteiger partial charge is 0.449 e. The van der Waals surface area contributed by atoms with Gasteiger partial charge in [-0.15, -0.1) is 0 Å². The molecule has 0 aromatic heterocycles. The van der Waals surface area contributed by atoms with Crippen LogP contribution in [0, 0.1) is 6.92 Å². The zero-order valence-corrected chi connectivity index (χ0v) is 19.6. The first kappa shape index (κ1) is 21.9. The minimum atomic E-state index is -3.20. The summed E-state index contributed by atoms with van der Waals surface area (Å²) in [5.74, 6) is -0.410. The monoisotopic (exact) mass is 469 g/mol. The zero-order valence-electron chi connectivity index (χ0n) is 18.8. The molecule has 9 heteroatoms. The fourth-order valence-corrected chi connectivity index (χ4v) is 5.92. The lowest BCUT2D eigenvalue weighted by atomic mass is 9.91. The number of amides is 1. The molecular formula is C24H27N3O5S. The summed E-state index contributed by atoms with van der Waals surface area (Å²) in [6.07, 6.45) is 1.81. The first-order valence-electron chi connectivity index (χ1n) is 11.1. The van der Waals surface area contributed by atoms with Crippen molar-refractivity contribution >= 4 is 27.6 Å². The maximum absolute atomic E-state index is 13.5. The highest BCUT2D eigenvalue weighted by Crippen LogP contribution is 2.43. The minimum Gasteiger partial charge on any atom is -0.449 e. The van der Waals surface area contributed by atoms with Gasteiger partial charge in [0.25, 0.3) is 5.91 Å². The Hall–Kier alpha value is -2.91. The summed E-state index contributed by atoms with van der Waals surface area (Å²) in [7, 11) is -3.20. The molecule has 3 aliphatic rings. The Labute approximate surface area is 193 Å². The number of benzene rings is 2. The molecular weight excluding hydrogens is 442 g/mol. The summed E-state index contributed by atoms with van der Waals surface area (Å²) in [5, 5.41) is 0. The van der Waals surface area contributed by atoms with Gasteiger partial charge in [-0.3, -0.25) is 4.79 Å². The molecule has 1 spiro atoms. The number of nitrogens with zero attached hydrogens (tertiary/aromatic N) is 3. The van der Waals surface area contributed by atoms with E-state index in [9.17, 15) is 18.0 Å². The number of likely N-dealkylation sites (tertiary alicyclic amines) is 1. The van der Waals surface area contributed by atoms with E-state index in [4.69, 9.17) is 4.74 Å². The molecule has 0 N–H and O–H groups in total. The van der Waals surface area contributed by atoms with Crippen molar-refractivity contribution in [2.75, 3.05) is 50.4 Å². The van der Waals surface area contributed by atoms with Crippen LogP contribution in [-0.4, -0.2) is 75.0 Å². The van der Waals surface area contributed by atoms with Crippen LogP contribution in [0.25, 0.3) is 0 Å². The summed E-state index contributed by atoms with van der Waals surface area (Å²) < 4.78 is 30.9. The quantitative estimate of drug-likeness (QED) is 0.639. The van der Waals surface area contributed by atoms with Crippen LogP contribution in [0.1, 0.15) is 38.3 Å². The average Bonchev–Trinajstić information content (AvgIpc) is 3.35. The molecule has 2 aromatic rings. The van der Waals surface area contributed by atoms with E-state index in [-0.39, 0.29) is 11.9 Å². The number of ether oxygens (including phenoxy) is 1. The van der Waals surface area contributed by atoms with Crippen molar-refractivity contribution in [1.29, 1.82) is 0 Å². The number of rotatable bonds is 3. The van der Waals surface area contributed by atoms with Crippen LogP contribution in [0.15, 0.2) is 42.5 Å². The van der Waals surface area contributed by atoms with Gasteiger partial charge in [-0.1, -0.05) is 24.3 Å². The molecule has 1 atom stereocenters. The molecule has 0 bridgehead atoms. The Bertz CT molecular complexity index is 1240. The van der Waals surface area contributed by atoms with E-state index >= 15 is 0 Å². The summed E-state index contributed by atoms with van der Waals surface area (Å²) in [5.41, 5.74) is 3.08. The van der Waals surface area contributed by atoms with Crippen molar-refractivity contribution in [3.05, 3.63) is 64.7 Å². The van der Waals surface area contributed by atoms with E-state index < -0.39 is 15.6 Å². The molecule has 2 fully saturated rings. The number of fused-ring (bicyclic) bond motifs is 2. The molecule has 8 nitrogen and oxygen atoms in total. The number of piperazine rings is 1. The smallest absolute Gasteiger partial charge is 0.339 e. The highest BCUT2D eigenvalue weighted by Gasteiger charge is 2.51. The van der Waals surface area contributed by atoms with E-state index in [2.05, 4.69) is 4.90 Å². The number of sulfonamides is 1. The van der Waals surface area contributed by atoms with Gasteiger partial charge in [0.2, 0.25) is 10.0 Å². The molecule has 5 rings (SSSR count). The summed E-state index contributed by atoms with van der Waals surface area (Å²) >= 11 is 0. The molecule has 1 amide bonds. The van der Waals surface area contributed by atoms with Crippen LogP contribution in [0.5, 0.6) is 0 Å². The minimum absolute atomic E-state index is 0.0820. The predicted octanol–water partition coefficient (Wildman–Crippen LogP) is 1.99. The van der Waals surface area contributed by atoms with Gasteiger partial charge in [-0.25, -0.2) is 13.2 Å². The van der Waals surface area contributed by atoms with Crippen molar-refractivity contribution < 1.29 is 22.7 Å². The number of carbonyl (C=O) groups excluding carboxylic acids is 2. The molecule has 3 heterocycles. The maximum atomic E-state index is 13.5. The Morgan fingerprint density at radius 2 is 1.76 bits per heavy atom. The van der Waals surface area contributed by atoms with Gasteiger partial charge < -0.3 is 14.5 Å². The first-order chi connectivity index (χ1) is 15.7. The van der Waals surface area contributed by atoms with E-state index in [1.165, 1.54) is 10.6 Å². The number of aryl methyl sites for hydroxylation is 1. The van der Waals surface area contributed by atoms with Gasteiger partial charge in [0.05, 0.1) is 18.4 Å². The standard InChI is InChI=1S/C24H27N3O5S/c1-17-7-8-18(25-11-13-27(14-12-25)33(2,30)31)15-20(17)22(28)26-10-9-24(16-26)21-6-4-3-5-19(21)23(29)32-24/h3-8,15H,9-14,16H2,1-2H3/t24-/m0/s1. The number of esters is 1. The highest BCUT2D eigenvalue weighted by molar-refractivity contribution is 7.88. The number of anilines is 1. The van der Waals surface area contributed by atoms with Crippen molar-refractivity contribution in [2.24, 2.45) is 0 Å². The lowest BCUT2D eigenvalue weighted by molar-refractivity contribution is -0.00307. The zero-order chi connectivity index (χ0) is 23.4. The summed E-state index contributed by atoms with van der Waals surface area (Å²) in [4.78, 5) is 29.7. The highest BCUT2D eigenvalue weighted by atomic mass is 32.2. The predicted molar refractivity (Wildman–Crippen MR) is 124 cm³/mol. The van der Waals surface area contributed by atoms with Gasteiger partial charge in [-0.2, -0.15) is 4.31 Å². The maximum Gasteiger partial charge on any atom is 0.339 e. The Morgan fingerprint density at radius 1 is 1.03 bits per heavy atom. The lowest BCUT2D eigenvalue weighted by Crippen LogP contribution is -2.48. The Balaban J connectivity index is 1.35. The van der Waals surface area contributed by atoms with Crippen LogP contribution < -0.4 is 4.90 Å². The SMILES string of the molecule is Cc1ccc(N2CCN(S(C)(=O)=O)CC2)cc1C(=O)N1CC[C@@]2(C1)OC(=O)c1ccccc12. The first-order valence-corrected chi connectivity index (χ1v) is 13.0. The fourth-order valence-electron chi connectivity index (χ4n) is 5.09. The van der Waals surface area contributed by atoms with Crippen molar-refractivity contribution in [3.8, 4) is 0 Å². The second-order valence-electron chi connectivity index (χ2n) is 9.05. The number of hydrogen-bond donors (Lipinski definition) is 0. The van der Waals surface area contributed by atoms with Crippen molar-refractivity contribution in [2.45, 2.75) is 18.9 Å². The topological polar surface area (TPSA) is 87.2 Å². The van der Waals surface area contributed by atoms with Crippen LogP contribution in [0.4, 0.5) is 5.69 Å². The third-order valence-corrected chi connectivity index (χ3v) is 8.27. The van der Waals surface area contributed by atoms with Gasteiger partial charge in [0, 0.05) is 56.0 Å². The second kappa shape index (κ2) is 7.85. The molecule has 2 saturated heterocycles. The van der Waals surface area contributed by atoms with E-state index in [0.29, 0.717) is 56.8 Å². The molecule has 0 radical (unpaired) electrons. The molecule has 33 heavy (non-hydrogen) atoms. The molecule has 0 unspecified atom stereocenters. The molecule has 0 saturated carbocycles.